The van der Waals surface area contributed by atoms with Crippen LogP contribution in [0.4, 0.5) is 0 Å². The molecule has 31 heavy (non-hydrogen) atoms. The maximum absolute atomic E-state index is 13.1. The fraction of sp³-hybridized carbons (Fsp3) is 0.381. The predicted octanol–water partition coefficient (Wildman–Crippen LogP) is 2.32. The number of likely N-dealkylation sites (N-methyl/N-ethyl adjacent to an activating group) is 1. The molecule has 1 N–H and O–H groups in total. The third-order valence-corrected chi connectivity index (χ3v) is 7.71. The average Bonchev–Trinajstić information content (AvgIpc) is 3.25. The van der Waals surface area contributed by atoms with Gasteiger partial charge in [0.05, 0.1) is 15.5 Å². The third kappa shape index (κ3) is 4.64. The van der Waals surface area contributed by atoms with E-state index in [1.165, 1.54) is 22.5 Å². The lowest BCUT2D eigenvalue weighted by atomic mass is 10.1. The highest BCUT2D eigenvalue weighted by molar-refractivity contribution is 7.89. The van der Waals surface area contributed by atoms with Crippen LogP contribution < -0.4 is 14.8 Å². The van der Waals surface area contributed by atoms with E-state index in [1.54, 1.807) is 12.1 Å². The predicted molar refractivity (Wildman–Crippen MR) is 116 cm³/mol. The zero-order valence-electron chi connectivity index (χ0n) is 17.1. The van der Waals surface area contributed by atoms with Gasteiger partial charge in [-0.15, -0.1) is 0 Å². The van der Waals surface area contributed by atoms with Gasteiger partial charge in [-0.05, 0) is 42.4 Å². The summed E-state index contributed by atoms with van der Waals surface area (Å²) in [6.07, 6.45) is 0. The van der Waals surface area contributed by atoms with E-state index in [0.717, 1.165) is 12.1 Å². The summed E-state index contributed by atoms with van der Waals surface area (Å²) in [5, 5.41) is 2.98. The number of sulfonamides is 1. The van der Waals surface area contributed by atoms with E-state index in [2.05, 4.69) is 17.1 Å². The second-order valence-electron chi connectivity index (χ2n) is 7.35. The first-order valence-electron chi connectivity index (χ1n) is 10.1. The molecule has 0 spiro atoms. The molecular weight excluding hydrogens is 442 g/mol. The van der Waals surface area contributed by atoms with Crippen LogP contribution >= 0.6 is 11.6 Å². The first-order chi connectivity index (χ1) is 14.9. The quantitative estimate of drug-likeness (QED) is 0.704. The van der Waals surface area contributed by atoms with Crippen molar-refractivity contribution in [2.24, 2.45) is 0 Å². The van der Waals surface area contributed by atoms with Crippen LogP contribution in [0.15, 0.2) is 41.3 Å². The number of carbonyl (C=O) groups excluding carboxylic acids is 1. The lowest BCUT2D eigenvalue weighted by Crippen LogP contribution is -2.48. The van der Waals surface area contributed by atoms with Gasteiger partial charge in [0.25, 0.3) is 5.91 Å². The first kappa shape index (κ1) is 21.9. The molecule has 10 heteroatoms. The standard InChI is InChI=1S/C21H24ClN3O5S/c1-2-24-7-9-25(10-8-24)31(27,28)16-4-5-18(22)17(12-16)21(26)23-13-15-3-6-19-20(11-15)30-14-29-19/h3-6,11-12H,2,7-10,13-14H2,1H3,(H,23,26). The number of rotatable bonds is 6. The number of nitrogens with zero attached hydrogens (tertiary/aromatic N) is 2. The molecule has 0 bridgehead atoms. The SMILES string of the molecule is CCN1CCN(S(=O)(=O)c2ccc(Cl)c(C(=O)NCc3ccc4c(c3)OCO4)c2)CC1. The fourth-order valence-electron chi connectivity index (χ4n) is 3.60. The van der Waals surface area contributed by atoms with Crippen molar-refractivity contribution in [1.29, 1.82) is 0 Å². The van der Waals surface area contributed by atoms with Crippen molar-refractivity contribution in [2.45, 2.75) is 18.4 Å². The molecule has 166 valence electrons. The molecule has 1 fully saturated rings. The Kier molecular flexibility index (Phi) is 6.38. The number of fused-ring (bicyclic) bond motifs is 1. The Morgan fingerprint density at radius 2 is 1.81 bits per heavy atom. The van der Waals surface area contributed by atoms with Crippen molar-refractivity contribution in [2.75, 3.05) is 39.5 Å². The zero-order chi connectivity index (χ0) is 22.0. The molecule has 2 heterocycles. The maximum Gasteiger partial charge on any atom is 0.253 e. The summed E-state index contributed by atoms with van der Waals surface area (Å²) < 4.78 is 38.2. The number of amides is 1. The summed E-state index contributed by atoms with van der Waals surface area (Å²) in [5.74, 6) is 0.840. The average molecular weight is 466 g/mol. The molecule has 0 unspecified atom stereocenters. The zero-order valence-corrected chi connectivity index (χ0v) is 18.7. The molecule has 2 aliphatic rings. The van der Waals surface area contributed by atoms with E-state index in [4.69, 9.17) is 21.1 Å². The van der Waals surface area contributed by atoms with Crippen LogP contribution in [0.3, 0.4) is 0 Å². The van der Waals surface area contributed by atoms with E-state index >= 15 is 0 Å². The fourth-order valence-corrected chi connectivity index (χ4v) is 5.25. The Hall–Kier alpha value is -2.33. The minimum Gasteiger partial charge on any atom is -0.454 e. The summed E-state index contributed by atoms with van der Waals surface area (Å²) in [5.41, 5.74) is 0.946. The highest BCUT2D eigenvalue weighted by Gasteiger charge is 2.29. The summed E-state index contributed by atoms with van der Waals surface area (Å²) in [6, 6.07) is 9.64. The van der Waals surface area contributed by atoms with E-state index in [-0.39, 0.29) is 28.8 Å². The molecule has 0 radical (unpaired) electrons. The molecule has 2 aromatic rings. The van der Waals surface area contributed by atoms with Crippen LogP contribution in [0.25, 0.3) is 0 Å². The van der Waals surface area contributed by atoms with Gasteiger partial charge in [0, 0.05) is 32.7 Å². The second kappa shape index (κ2) is 9.04. The Balaban J connectivity index is 1.47. The number of hydrogen-bond donors (Lipinski definition) is 1. The number of piperazine rings is 1. The molecular formula is C21H24ClN3O5S. The van der Waals surface area contributed by atoms with Crippen molar-refractivity contribution in [3.8, 4) is 11.5 Å². The number of carbonyl (C=O) groups is 1. The van der Waals surface area contributed by atoms with Crippen molar-refractivity contribution in [1.82, 2.24) is 14.5 Å². The monoisotopic (exact) mass is 465 g/mol. The van der Waals surface area contributed by atoms with Crippen molar-refractivity contribution < 1.29 is 22.7 Å². The minimum absolute atomic E-state index is 0.0649. The first-order valence-corrected chi connectivity index (χ1v) is 11.9. The molecule has 1 amide bonds. The second-order valence-corrected chi connectivity index (χ2v) is 9.70. The largest absolute Gasteiger partial charge is 0.454 e. The Morgan fingerprint density at radius 3 is 2.55 bits per heavy atom. The topological polar surface area (TPSA) is 88.2 Å². The van der Waals surface area contributed by atoms with Crippen LogP contribution in [0, 0.1) is 0 Å². The van der Waals surface area contributed by atoms with Crippen molar-refractivity contribution in [3.05, 3.63) is 52.5 Å². The lowest BCUT2D eigenvalue weighted by molar-refractivity contribution is 0.0950. The normalized spacial score (nSPS) is 17.0. The smallest absolute Gasteiger partial charge is 0.253 e. The maximum atomic E-state index is 13.1. The van der Waals surface area contributed by atoms with Gasteiger partial charge in [0.1, 0.15) is 0 Å². The van der Waals surface area contributed by atoms with Gasteiger partial charge in [0.15, 0.2) is 11.5 Å². The molecule has 2 aliphatic heterocycles. The van der Waals surface area contributed by atoms with Crippen LogP contribution in [0.5, 0.6) is 11.5 Å². The number of hydrogen-bond acceptors (Lipinski definition) is 6. The summed E-state index contributed by atoms with van der Waals surface area (Å²) in [6.45, 7) is 5.57. The molecule has 1 saturated heterocycles. The molecule has 0 atom stereocenters. The molecule has 0 aromatic heterocycles. The number of nitrogens with one attached hydrogen (secondary N) is 1. The van der Waals surface area contributed by atoms with Gasteiger partial charge in [0.2, 0.25) is 16.8 Å². The van der Waals surface area contributed by atoms with Gasteiger partial charge in [-0.2, -0.15) is 4.31 Å². The highest BCUT2D eigenvalue weighted by atomic mass is 35.5. The van der Waals surface area contributed by atoms with Crippen LogP contribution in [0.2, 0.25) is 5.02 Å². The van der Waals surface area contributed by atoms with E-state index < -0.39 is 15.9 Å². The van der Waals surface area contributed by atoms with E-state index in [0.29, 0.717) is 37.7 Å². The third-order valence-electron chi connectivity index (χ3n) is 5.49. The van der Waals surface area contributed by atoms with E-state index in [1.807, 2.05) is 6.07 Å². The van der Waals surface area contributed by atoms with Crippen LogP contribution in [-0.4, -0.2) is 63.0 Å². The Morgan fingerprint density at radius 1 is 1.06 bits per heavy atom. The summed E-state index contributed by atoms with van der Waals surface area (Å²) >= 11 is 6.21. The van der Waals surface area contributed by atoms with Crippen molar-refractivity contribution >= 4 is 27.5 Å². The number of ether oxygens (including phenoxy) is 2. The minimum atomic E-state index is -3.70. The molecule has 2 aromatic carbocycles. The van der Waals surface area contributed by atoms with Gasteiger partial charge < -0.3 is 19.7 Å². The van der Waals surface area contributed by atoms with Gasteiger partial charge in [-0.1, -0.05) is 24.6 Å². The van der Waals surface area contributed by atoms with Crippen LogP contribution in [-0.2, 0) is 16.6 Å². The molecule has 4 rings (SSSR count). The van der Waals surface area contributed by atoms with Crippen molar-refractivity contribution in [3.63, 3.8) is 0 Å². The molecule has 8 nitrogen and oxygen atoms in total. The van der Waals surface area contributed by atoms with E-state index in [9.17, 15) is 13.2 Å². The van der Waals surface area contributed by atoms with Crippen LogP contribution in [0.1, 0.15) is 22.8 Å². The Labute approximate surface area is 186 Å². The van der Waals surface area contributed by atoms with Gasteiger partial charge in [-0.25, -0.2) is 8.42 Å². The molecule has 0 aliphatic carbocycles. The lowest BCUT2D eigenvalue weighted by Gasteiger charge is -2.33. The molecule has 0 saturated carbocycles. The summed E-state index contributed by atoms with van der Waals surface area (Å²) in [7, 11) is -3.70. The number of halogens is 1. The Bertz CT molecular complexity index is 1080. The van der Waals surface area contributed by atoms with Gasteiger partial charge >= 0.3 is 0 Å². The highest BCUT2D eigenvalue weighted by Crippen LogP contribution is 2.32. The van der Waals surface area contributed by atoms with Gasteiger partial charge in [-0.3, -0.25) is 4.79 Å². The summed E-state index contributed by atoms with van der Waals surface area (Å²) in [4.78, 5) is 15.0. The number of benzene rings is 2.